The number of hydrogen-bond acceptors (Lipinski definition) is 6. The van der Waals surface area contributed by atoms with Crippen LogP contribution in [0.5, 0.6) is 5.75 Å². The van der Waals surface area contributed by atoms with Gasteiger partial charge >= 0.3 is 5.97 Å². The Bertz CT molecular complexity index is 567. The standard InChI is InChI=1S/C12H12N2O5/c1-3-18-12(15)11-7(2)13-9-6-8(14(16)17)4-5-10(9)19-11/h4-6,11H,3H2,1-2H3/t11-/m1/s1. The molecule has 0 saturated carbocycles. The average molecular weight is 264 g/mol. The zero-order valence-electron chi connectivity index (χ0n) is 10.5. The minimum Gasteiger partial charge on any atom is -0.470 e. The highest BCUT2D eigenvalue weighted by Gasteiger charge is 2.30. The van der Waals surface area contributed by atoms with E-state index in [1.165, 1.54) is 18.2 Å². The van der Waals surface area contributed by atoms with Crippen molar-refractivity contribution in [1.29, 1.82) is 0 Å². The van der Waals surface area contributed by atoms with Crippen molar-refractivity contribution in [3.8, 4) is 5.75 Å². The quantitative estimate of drug-likeness (QED) is 0.473. The number of carbonyl (C=O) groups is 1. The normalized spacial score (nSPS) is 16.9. The Hall–Kier alpha value is -2.44. The Labute approximate surface area is 109 Å². The number of aliphatic imine (C=N–C) groups is 1. The molecule has 100 valence electrons. The average Bonchev–Trinajstić information content (AvgIpc) is 2.37. The monoisotopic (exact) mass is 264 g/mol. The van der Waals surface area contributed by atoms with Crippen molar-refractivity contribution in [1.82, 2.24) is 0 Å². The number of rotatable bonds is 3. The van der Waals surface area contributed by atoms with Crippen LogP contribution in [-0.4, -0.2) is 29.3 Å². The molecule has 0 amide bonds. The third-order valence-electron chi connectivity index (χ3n) is 2.58. The summed E-state index contributed by atoms with van der Waals surface area (Å²) < 4.78 is 10.3. The first-order chi connectivity index (χ1) is 9.02. The number of carbonyl (C=O) groups excluding carboxylic acids is 1. The number of hydrogen-bond donors (Lipinski definition) is 0. The third-order valence-corrected chi connectivity index (χ3v) is 2.58. The van der Waals surface area contributed by atoms with Crippen LogP contribution in [0.1, 0.15) is 13.8 Å². The molecule has 0 fully saturated rings. The number of benzene rings is 1. The molecule has 0 spiro atoms. The van der Waals surface area contributed by atoms with Crippen LogP contribution in [0.2, 0.25) is 0 Å². The van der Waals surface area contributed by atoms with Crippen LogP contribution < -0.4 is 4.74 Å². The predicted octanol–water partition coefficient (Wildman–Crippen LogP) is 2.01. The molecule has 0 N–H and O–H groups in total. The Kier molecular flexibility index (Phi) is 3.46. The third kappa shape index (κ3) is 2.54. The van der Waals surface area contributed by atoms with Crippen molar-refractivity contribution in [2.75, 3.05) is 6.61 Å². The second-order valence-corrected chi connectivity index (χ2v) is 3.91. The van der Waals surface area contributed by atoms with E-state index in [0.717, 1.165) is 0 Å². The van der Waals surface area contributed by atoms with E-state index in [2.05, 4.69) is 4.99 Å². The van der Waals surface area contributed by atoms with Gasteiger partial charge in [0.1, 0.15) is 11.4 Å². The molecule has 1 aromatic rings. The van der Waals surface area contributed by atoms with Crippen LogP contribution in [0, 0.1) is 10.1 Å². The van der Waals surface area contributed by atoms with Crippen LogP contribution in [0.3, 0.4) is 0 Å². The molecule has 1 aliphatic rings. The van der Waals surface area contributed by atoms with Crippen molar-refractivity contribution in [3.05, 3.63) is 28.3 Å². The minimum absolute atomic E-state index is 0.0755. The van der Waals surface area contributed by atoms with Gasteiger partial charge in [-0.25, -0.2) is 9.79 Å². The summed E-state index contributed by atoms with van der Waals surface area (Å²) in [6, 6.07) is 4.03. The summed E-state index contributed by atoms with van der Waals surface area (Å²) in [6.45, 7) is 3.56. The molecule has 1 aliphatic heterocycles. The summed E-state index contributed by atoms with van der Waals surface area (Å²) >= 11 is 0. The zero-order valence-corrected chi connectivity index (χ0v) is 10.5. The van der Waals surface area contributed by atoms with Crippen molar-refractivity contribution in [2.45, 2.75) is 20.0 Å². The minimum atomic E-state index is -0.895. The van der Waals surface area contributed by atoms with Crippen LogP contribution in [-0.2, 0) is 9.53 Å². The Morgan fingerprint density at radius 3 is 2.95 bits per heavy atom. The molecular weight excluding hydrogens is 252 g/mol. The molecule has 1 aromatic carbocycles. The number of ether oxygens (including phenoxy) is 2. The Morgan fingerprint density at radius 2 is 2.32 bits per heavy atom. The summed E-state index contributed by atoms with van der Waals surface area (Å²) in [5.74, 6) is -0.193. The lowest BCUT2D eigenvalue weighted by molar-refractivity contribution is -0.384. The molecule has 0 unspecified atom stereocenters. The van der Waals surface area contributed by atoms with Crippen molar-refractivity contribution >= 4 is 23.1 Å². The van der Waals surface area contributed by atoms with Gasteiger partial charge in [0.25, 0.3) is 5.69 Å². The first-order valence-corrected chi connectivity index (χ1v) is 5.70. The lowest BCUT2D eigenvalue weighted by Gasteiger charge is -2.22. The summed E-state index contributed by atoms with van der Waals surface area (Å²) in [7, 11) is 0. The predicted molar refractivity (Wildman–Crippen MR) is 66.9 cm³/mol. The van der Waals surface area contributed by atoms with Gasteiger partial charge < -0.3 is 9.47 Å². The summed E-state index contributed by atoms with van der Waals surface area (Å²) in [5, 5.41) is 10.7. The van der Waals surface area contributed by atoms with Gasteiger partial charge in [-0.1, -0.05) is 0 Å². The molecule has 0 saturated heterocycles. The Balaban J connectivity index is 2.32. The summed E-state index contributed by atoms with van der Waals surface area (Å²) in [4.78, 5) is 26.0. The van der Waals surface area contributed by atoms with Gasteiger partial charge in [0.2, 0.25) is 6.10 Å². The number of nitrogens with zero attached hydrogens (tertiary/aromatic N) is 2. The van der Waals surface area contributed by atoms with Gasteiger partial charge in [0, 0.05) is 12.1 Å². The zero-order chi connectivity index (χ0) is 14.0. The van der Waals surface area contributed by atoms with Gasteiger partial charge in [-0.15, -0.1) is 0 Å². The molecule has 1 atom stereocenters. The number of non-ortho nitro benzene ring substituents is 1. The number of fused-ring (bicyclic) bond motifs is 1. The highest BCUT2D eigenvalue weighted by molar-refractivity contribution is 6.06. The van der Waals surface area contributed by atoms with E-state index in [9.17, 15) is 14.9 Å². The fourth-order valence-corrected chi connectivity index (χ4v) is 1.70. The number of esters is 1. The van der Waals surface area contributed by atoms with Gasteiger partial charge in [0.05, 0.1) is 17.2 Å². The first kappa shape index (κ1) is 13.0. The maximum atomic E-state index is 11.7. The summed E-state index contributed by atoms with van der Waals surface area (Å²) in [5.41, 5.74) is 0.673. The van der Waals surface area contributed by atoms with E-state index in [0.29, 0.717) is 17.1 Å². The van der Waals surface area contributed by atoms with Gasteiger partial charge in [-0.3, -0.25) is 10.1 Å². The van der Waals surface area contributed by atoms with E-state index in [4.69, 9.17) is 9.47 Å². The second kappa shape index (κ2) is 5.05. The maximum absolute atomic E-state index is 11.7. The fourth-order valence-electron chi connectivity index (χ4n) is 1.70. The van der Waals surface area contributed by atoms with Crippen molar-refractivity contribution in [3.63, 3.8) is 0 Å². The largest absolute Gasteiger partial charge is 0.470 e. The lowest BCUT2D eigenvalue weighted by atomic mass is 10.1. The molecule has 7 heteroatoms. The van der Waals surface area contributed by atoms with Crippen LogP contribution >= 0.6 is 0 Å². The van der Waals surface area contributed by atoms with E-state index < -0.39 is 17.0 Å². The molecule has 0 aliphatic carbocycles. The molecule has 7 nitrogen and oxygen atoms in total. The highest BCUT2D eigenvalue weighted by atomic mass is 16.6. The van der Waals surface area contributed by atoms with Gasteiger partial charge in [-0.2, -0.15) is 0 Å². The fraction of sp³-hybridized carbons (Fsp3) is 0.333. The number of nitro groups is 1. The van der Waals surface area contributed by atoms with E-state index in [-0.39, 0.29) is 12.3 Å². The molecule has 1 heterocycles. The lowest BCUT2D eigenvalue weighted by Crippen LogP contribution is -2.37. The Morgan fingerprint density at radius 1 is 1.58 bits per heavy atom. The molecule has 0 aromatic heterocycles. The van der Waals surface area contributed by atoms with Crippen LogP contribution in [0.4, 0.5) is 11.4 Å². The van der Waals surface area contributed by atoms with E-state index >= 15 is 0 Å². The second-order valence-electron chi connectivity index (χ2n) is 3.91. The molecular formula is C12H12N2O5. The first-order valence-electron chi connectivity index (χ1n) is 5.70. The molecule has 2 rings (SSSR count). The van der Waals surface area contributed by atoms with E-state index in [1.54, 1.807) is 13.8 Å². The smallest absolute Gasteiger partial charge is 0.353 e. The van der Waals surface area contributed by atoms with Crippen molar-refractivity contribution in [2.24, 2.45) is 4.99 Å². The maximum Gasteiger partial charge on any atom is 0.353 e. The summed E-state index contributed by atoms with van der Waals surface area (Å²) in [6.07, 6.45) is -0.895. The topological polar surface area (TPSA) is 91.0 Å². The van der Waals surface area contributed by atoms with Gasteiger partial charge in [-0.05, 0) is 19.9 Å². The van der Waals surface area contributed by atoms with E-state index in [1.807, 2.05) is 0 Å². The van der Waals surface area contributed by atoms with Gasteiger partial charge in [0.15, 0.2) is 0 Å². The molecule has 0 radical (unpaired) electrons. The van der Waals surface area contributed by atoms with Crippen molar-refractivity contribution < 1.29 is 19.2 Å². The molecule has 19 heavy (non-hydrogen) atoms. The molecule has 0 bridgehead atoms. The highest BCUT2D eigenvalue weighted by Crippen LogP contribution is 2.35. The van der Waals surface area contributed by atoms with Crippen LogP contribution in [0.25, 0.3) is 0 Å². The SMILES string of the molecule is CCOC(=O)[C@@H]1Oc2ccc([N+](=O)[O-])cc2N=C1C. The van der Waals surface area contributed by atoms with Crippen LogP contribution in [0.15, 0.2) is 23.2 Å². The number of nitro benzene ring substituents is 1.